The lowest BCUT2D eigenvalue weighted by atomic mass is 10.2. The molecule has 1 atom stereocenters. The van der Waals surface area contributed by atoms with Crippen molar-refractivity contribution < 1.29 is 13.9 Å². The van der Waals surface area contributed by atoms with Crippen LogP contribution in [0.3, 0.4) is 0 Å². The van der Waals surface area contributed by atoms with E-state index in [-0.39, 0.29) is 11.9 Å². The lowest BCUT2D eigenvalue weighted by Gasteiger charge is -2.17. The molecule has 2 aromatic rings. The van der Waals surface area contributed by atoms with Crippen molar-refractivity contribution in [2.24, 2.45) is 0 Å². The van der Waals surface area contributed by atoms with E-state index in [4.69, 9.17) is 9.47 Å². The molecule has 4 nitrogen and oxygen atoms in total. The van der Waals surface area contributed by atoms with Crippen molar-refractivity contribution in [2.75, 3.05) is 6.61 Å². The molecule has 0 radical (unpaired) electrons. The maximum absolute atomic E-state index is 13.4. The molecular weight excluding hydrogens is 259 g/mol. The average molecular weight is 278 g/mol. The lowest BCUT2D eigenvalue weighted by Crippen LogP contribution is -2.24. The highest BCUT2D eigenvalue weighted by Gasteiger charge is 2.33. The van der Waals surface area contributed by atoms with Crippen molar-refractivity contribution in [3.8, 4) is 0 Å². The van der Waals surface area contributed by atoms with Crippen LogP contribution in [0.2, 0.25) is 0 Å². The van der Waals surface area contributed by atoms with E-state index in [0.717, 1.165) is 23.0 Å². The molecule has 1 fully saturated rings. The molecule has 1 saturated heterocycles. The zero-order valence-corrected chi connectivity index (χ0v) is 12.0. The summed E-state index contributed by atoms with van der Waals surface area (Å²) in [4.78, 5) is 0. The maximum Gasteiger partial charge on any atom is 0.163 e. The normalized spacial score (nSPS) is 21.7. The van der Waals surface area contributed by atoms with Crippen molar-refractivity contribution in [1.29, 1.82) is 0 Å². The van der Waals surface area contributed by atoms with Crippen molar-refractivity contribution in [2.45, 2.75) is 45.6 Å². The Balaban J connectivity index is 1.92. The first-order chi connectivity index (χ1) is 9.48. The topological polar surface area (TPSA) is 36.3 Å². The summed E-state index contributed by atoms with van der Waals surface area (Å²) in [5, 5.41) is 5.45. The van der Waals surface area contributed by atoms with E-state index >= 15 is 0 Å². The number of halogens is 1. The quantitative estimate of drug-likeness (QED) is 0.866. The first-order valence-corrected chi connectivity index (χ1v) is 6.95. The van der Waals surface area contributed by atoms with Gasteiger partial charge < -0.3 is 9.47 Å². The Bertz CT molecular complexity index is 636. The SMILES string of the molecule is CCc1nn(CC2COC(C)(C)O2)c2ccc(F)cc12. The van der Waals surface area contributed by atoms with Crippen molar-refractivity contribution >= 4 is 10.9 Å². The standard InChI is InChI=1S/C15H19FN2O2/c1-4-13-12-7-10(16)5-6-14(12)18(17-13)8-11-9-19-15(2,3)20-11/h5-7,11H,4,8-9H2,1-3H3. The van der Waals surface area contributed by atoms with Gasteiger partial charge in [-0.25, -0.2) is 4.39 Å². The number of aryl methyl sites for hydroxylation is 1. The number of aromatic nitrogens is 2. The predicted octanol–water partition coefficient (Wildman–Crippen LogP) is 2.89. The Labute approximate surface area is 117 Å². The third-order valence-electron chi connectivity index (χ3n) is 3.57. The Hall–Kier alpha value is -1.46. The molecule has 2 heterocycles. The second kappa shape index (κ2) is 4.82. The van der Waals surface area contributed by atoms with Crippen molar-refractivity contribution in [3.05, 3.63) is 29.7 Å². The highest BCUT2D eigenvalue weighted by Crippen LogP contribution is 2.25. The molecule has 0 N–H and O–H groups in total. The van der Waals surface area contributed by atoms with Gasteiger partial charge in [0.05, 0.1) is 24.4 Å². The molecule has 0 spiro atoms. The highest BCUT2D eigenvalue weighted by molar-refractivity contribution is 5.82. The number of rotatable bonds is 3. The Morgan fingerprint density at radius 3 is 2.90 bits per heavy atom. The third-order valence-corrected chi connectivity index (χ3v) is 3.57. The first-order valence-electron chi connectivity index (χ1n) is 6.95. The first kappa shape index (κ1) is 13.5. The molecule has 0 bridgehead atoms. The van der Waals surface area contributed by atoms with E-state index < -0.39 is 5.79 Å². The van der Waals surface area contributed by atoms with Gasteiger partial charge in [0.1, 0.15) is 11.9 Å². The van der Waals surface area contributed by atoms with Crippen LogP contribution >= 0.6 is 0 Å². The molecule has 1 unspecified atom stereocenters. The minimum absolute atomic E-state index is 0.0251. The summed E-state index contributed by atoms with van der Waals surface area (Å²) >= 11 is 0. The molecule has 1 aliphatic rings. The molecule has 0 amide bonds. The van der Waals surface area contributed by atoms with Crippen LogP contribution in [-0.2, 0) is 22.4 Å². The molecule has 1 aromatic heterocycles. The Morgan fingerprint density at radius 2 is 2.25 bits per heavy atom. The van der Waals surface area contributed by atoms with Gasteiger partial charge in [0.15, 0.2) is 5.79 Å². The lowest BCUT2D eigenvalue weighted by molar-refractivity contribution is -0.139. The smallest absolute Gasteiger partial charge is 0.163 e. The van der Waals surface area contributed by atoms with E-state index in [2.05, 4.69) is 5.10 Å². The Morgan fingerprint density at radius 1 is 1.45 bits per heavy atom. The number of benzene rings is 1. The van der Waals surface area contributed by atoms with E-state index in [1.165, 1.54) is 6.07 Å². The summed E-state index contributed by atoms with van der Waals surface area (Å²) in [5.41, 5.74) is 1.86. The maximum atomic E-state index is 13.4. The molecule has 1 aromatic carbocycles. The van der Waals surface area contributed by atoms with Crippen LogP contribution in [0.1, 0.15) is 26.5 Å². The van der Waals surface area contributed by atoms with Crippen LogP contribution in [0.15, 0.2) is 18.2 Å². The van der Waals surface area contributed by atoms with Gasteiger partial charge in [-0.1, -0.05) is 6.92 Å². The summed E-state index contributed by atoms with van der Waals surface area (Å²) in [6, 6.07) is 4.79. The molecular formula is C15H19FN2O2. The zero-order valence-electron chi connectivity index (χ0n) is 12.0. The number of ether oxygens (including phenoxy) is 2. The van der Waals surface area contributed by atoms with Gasteiger partial charge in [0, 0.05) is 5.39 Å². The van der Waals surface area contributed by atoms with Crippen LogP contribution in [0.4, 0.5) is 4.39 Å². The monoisotopic (exact) mass is 278 g/mol. The van der Waals surface area contributed by atoms with E-state index in [1.807, 2.05) is 25.5 Å². The largest absolute Gasteiger partial charge is 0.348 e. The third kappa shape index (κ3) is 2.43. The molecule has 3 rings (SSSR count). The van der Waals surface area contributed by atoms with E-state index in [9.17, 15) is 4.39 Å². The van der Waals surface area contributed by atoms with Crippen LogP contribution in [0.5, 0.6) is 0 Å². The molecule has 0 aliphatic carbocycles. The number of nitrogens with zero attached hydrogens (tertiary/aromatic N) is 2. The number of fused-ring (bicyclic) bond motifs is 1. The van der Waals surface area contributed by atoms with Gasteiger partial charge in [-0.05, 0) is 38.5 Å². The van der Waals surface area contributed by atoms with Gasteiger partial charge in [-0.2, -0.15) is 5.10 Å². The second-order valence-corrected chi connectivity index (χ2v) is 5.59. The summed E-state index contributed by atoms with van der Waals surface area (Å²) in [6.07, 6.45) is 0.753. The van der Waals surface area contributed by atoms with Gasteiger partial charge in [-0.15, -0.1) is 0 Å². The van der Waals surface area contributed by atoms with Crippen molar-refractivity contribution in [3.63, 3.8) is 0 Å². The molecule has 0 saturated carbocycles. The van der Waals surface area contributed by atoms with E-state index in [0.29, 0.717) is 13.2 Å². The number of hydrogen-bond acceptors (Lipinski definition) is 3. The van der Waals surface area contributed by atoms with Crippen LogP contribution < -0.4 is 0 Å². The minimum Gasteiger partial charge on any atom is -0.348 e. The highest BCUT2D eigenvalue weighted by atomic mass is 19.1. The van der Waals surface area contributed by atoms with Gasteiger partial charge in [0.2, 0.25) is 0 Å². The minimum atomic E-state index is -0.534. The fourth-order valence-corrected chi connectivity index (χ4v) is 2.66. The van der Waals surface area contributed by atoms with Gasteiger partial charge in [-0.3, -0.25) is 4.68 Å². The summed E-state index contributed by atoms with van der Waals surface area (Å²) in [7, 11) is 0. The summed E-state index contributed by atoms with van der Waals surface area (Å²) in [6.45, 7) is 7.00. The van der Waals surface area contributed by atoms with Gasteiger partial charge in [0.25, 0.3) is 0 Å². The van der Waals surface area contributed by atoms with E-state index in [1.54, 1.807) is 12.1 Å². The number of hydrogen-bond donors (Lipinski definition) is 0. The zero-order chi connectivity index (χ0) is 14.3. The van der Waals surface area contributed by atoms with Crippen molar-refractivity contribution in [1.82, 2.24) is 9.78 Å². The molecule has 108 valence electrons. The van der Waals surface area contributed by atoms with Crippen LogP contribution in [0.25, 0.3) is 10.9 Å². The molecule has 5 heteroatoms. The summed E-state index contributed by atoms with van der Waals surface area (Å²) < 4.78 is 26.7. The average Bonchev–Trinajstić information content (AvgIpc) is 2.90. The summed E-state index contributed by atoms with van der Waals surface area (Å²) in [5.74, 6) is -0.763. The molecule has 20 heavy (non-hydrogen) atoms. The second-order valence-electron chi connectivity index (χ2n) is 5.59. The fraction of sp³-hybridized carbons (Fsp3) is 0.533. The van der Waals surface area contributed by atoms with Gasteiger partial charge >= 0.3 is 0 Å². The fourth-order valence-electron chi connectivity index (χ4n) is 2.66. The Kier molecular flexibility index (Phi) is 3.26. The molecule has 1 aliphatic heterocycles. The predicted molar refractivity (Wildman–Crippen MR) is 74.0 cm³/mol. The van der Waals surface area contributed by atoms with Crippen LogP contribution in [0, 0.1) is 5.82 Å². The van der Waals surface area contributed by atoms with Crippen LogP contribution in [-0.4, -0.2) is 28.3 Å².